The first-order chi connectivity index (χ1) is 23.1. The average molecular weight is 702 g/mol. The topological polar surface area (TPSA) is 169 Å². The number of phosphoric acid groups is 1. The minimum Gasteiger partial charge on any atom is -0.480 e. The molecular weight excluding hydrogens is 637 g/mol. The largest absolute Gasteiger partial charge is 0.480 e. The number of carboxylic acids is 1. The lowest BCUT2D eigenvalue weighted by atomic mass is 10.0. The SMILES string of the molecule is CCCCC/C=C\C/C=C\C/C=C\CCCCCCCCCCCCC(=O)NC(COP(=O)(O)OCC(O)COC(=O)CCC)C(=O)O. The van der Waals surface area contributed by atoms with Gasteiger partial charge in [-0.3, -0.25) is 18.6 Å². The molecule has 4 N–H and O–H groups in total. The number of aliphatic hydroxyl groups excluding tert-OH is 1. The molecule has 0 spiro atoms. The van der Waals surface area contributed by atoms with Crippen molar-refractivity contribution in [1.82, 2.24) is 5.32 Å². The molecule has 3 unspecified atom stereocenters. The lowest BCUT2D eigenvalue weighted by Crippen LogP contribution is -2.43. The Bertz CT molecular complexity index is 968. The number of aliphatic hydroxyl groups is 1. The maximum absolute atomic E-state index is 12.2. The summed E-state index contributed by atoms with van der Waals surface area (Å²) < 4.78 is 26.1. The third-order valence-corrected chi connectivity index (χ3v) is 8.35. The number of carboxylic acid groups (broad SMARTS) is 1. The third-order valence-electron chi connectivity index (χ3n) is 7.40. The molecule has 48 heavy (non-hydrogen) atoms. The Kier molecular flexibility index (Phi) is 30.4. The predicted molar refractivity (Wildman–Crippen MR) is 189 cm³/mol. The second kappa shape index (κ2) is 31.9. The third kappa shape index (κ3) is 31.0. The van der Waals surface area contributed by atoms with E-state index in [9.17, 15) is 34.1 Å². The van der Waals surface area contributed by atoms with Gasteiger partial charge in [-0.2, -0.15) is 0 Å². The molecule has 0 radical (unpaired) electrons. The number of esters is 1. The molecule has 0 aromatic rings. The minimum atomic E-state index is -4.73. The van der Waals surface area contributed by atoms with Crippen LogP contribution < -0.4 is 5.32 Å². The van der Waals surface area contributed by atoms with Crippen molar-refractivity contribution < 1.29 is 47.8 Å². The van der Waals surface area contributed by atoms with E-state index in [0.29, 0.717) is 12.8 Å². The van der Waals surface area contributed by atoms with E-state index in [1.54, 1.807) is 6.92 Å². The summed E-state index contributed by atoms with van der Waals surface area (Å²) in [6, 6.07) is -1.54. The number of nitrogens with one attached hydrogen (secondary N) is 1. The van der Waals surface area contributed by atoms with E-state index in [1.165, 1.54) is 57.8 Å². The summed E-state index contributed by atoms with van der Waals surface area (Å²) in [6.45, 7) is 2.11. The molecule has 11 nitrogen and oxygen atoms in total. The van der Waals surface area contributed by atoms with Crippen molar-refractivity contribution in [1.29, 1.82) is 0 Å². The zero-order chi connectivity index (χ0) is 35.7. The van der Waals surface area contributed by atoms with E-state index in [2.05, 4.69) is 53.2 Å². The standard InChI is InChI=1S/C36H64NO10P/c1-3-5-6-7-8-9-10-11-12-13-14-15-16-17-18-19-20-21-22-23-24-25-26-28-34(39)37-33(36(41)42)31-47-48(43,44)46-30-32(38)29-45-35(40)27-4-2/h8-9,11-12,14-15,32-33,38H,3-7,10,13,16-31H2,1-2H3,(H,37,39)(H,41,42)(H,43,44)/b9-8-,12-11-,15-14-. The van der Waals surface area contributed by atoms with E-state index in [1.807, 2.05) is 0 Å². The average Bonchev–Trinajstić information content (AvgIpc) is 3.05. The lowest BCUT2D eigenvalue weighted by Gasteiger charge is -2.18. The maximum Gasteiger partial charge on any atom is 0.472 e. The van der Waals surface area contributed by atoms with Crippen molar-refractivity contribution in [2.45, 2.75) is 154 Å². The first-order valence-electron chi connectivity index (χ1n) is 18.0. The van der Waals surface area contributed by atoms with Crippen LogP contribution in [0, 0.1) is 0 Å². The van der Waals surface area contributed by atoms with Crippen LogP contribution in [0.5, 0.6) is 0 Å². The van der Waals surface area contributed by atoms with Crippen LogP contribution in [0.2, 0.25) is 0 Å². The molecule has 3 atom stereocenters. The molecule has 0 aliphatic heterocycles. The monoisotopic (exact) mass is 701 g/mol. The fourth-order valence-corrected chi connectivity index (χ4v) is 5.37. The number of aliphatic carboxylic acids is 1. The van der Waals surface area contributed by atoms with Crippen LogP contribution in [-0.4, -0.2) is 64.9 Å². The molecular formula is C36H64NO10P. The van der Waals surface area contributed by atoms with Crippen molar-refractivity contribution in [3.8, 4) is 0 Å². The summed E-state index contributed by atoms with van der Waals surface area (Å²) in [4.78, 5) is 44.8. The molecule has 0 aliphatic carbocycles. The summed E-state index contributed by atoms with van der Waals surface area (Å²) in [5.74, 6) is -2.44. The first kappa shape index (κ1) is 45.7. The van der Waals surface area contributed by atoms with Gasteiger partial charge in [-0.1, -0.05) is 115 Å². The molecule has 0 heterocycles. The maximum atomic E-state index is 12.2. The van der Waals surface area contributed by atoms with E-state index >= 15 is 0 Å². The van der Waals surface area contributed by atoms with Gasteiger partial charge in [0.2, 0.25) is 5.91 Å². The Morgan fingerprint density at radius 1 is 0.667 bits per heavy atom. The summed E-state index contributed by atoms with van der Waals surface area (Å²) in [5.41, 5.74) is 0. The Morgan fingerprint density at radius 2 is 1.17 bits per heavy atom. The molecule has 0 saturated carbocycles. The fourth-order valence-electron chi connectivity index (χ4n) is 4.59. The van der Waals surface area contributed by atoms with Gasteiger partial charge < -0.3 is 25.2 Å². The van der Waals surface area contributed by atoms with Crippen molar-refractivity contribution in [2.75, 3.05) is 19.8 Å². The number of unbranched alkanes of at least 4 members (excludes halogenated alkanes) is 13. The lowest BCUT2D eigenvalue weighted by molar-refractivity contribution is -0.147. The zero-order valence-electron chi connectivity index (χ0n) is 29.5. The second-order valence-corrected chi connectivity index (χ2v) is 13.5. The van der Waals surface area contributed by atoms with Crippen LogP contribution in [0.25, 0.3) is 0 Å². The van der Waals surface area contributed by atoms with Gasteiger partial charge in [0.05, 0.1) is 13.2 Å². The van der Waals surface area contributed by atoms with Crippen LogP contribution >= 0.6 is 7.82 Å². The molecule has 12 heteroatoms. The van der Waals surface area contributed by atoms with Crippen molar-refractivity contribution in [3.05, 3.63) is 36.5 Å². The zero-order valence-corrected chi connectivity index (χ0v) is 30.4. The number of rotatable bonds is 33. The number of carbonyl (C=O) groups excluding carboxylic acids is 2. The molecule has 0 saturated heterocycles. The van der Waals surface area contributed by atoms with Gasteiger partial charge in [0, 0.05) is 12.8 Å². The number of allylic oxidation sites excluding steroid dienone is 6. The molecule has 278 valence electrons. The number of hydrogen-bond acceptors (Lipinski definition) is 8. The van der Waals surface area contributed by atoms with Gasteiger partial charge in [0.25, 0.3) is 0 Å². The predicted octanol–water partition coefficient (Wildman–Crippen LogP) is 8.10. The summed E-state index contributed by atoms with van der Waals surface area (Å²) in [7, 11) is -4.73. The second-order valence-electron chi connectivity index (χ2n) is 12.1. The molecule has 0 rings (SSSR count). The van der Waals surface area contributed by atoms with Crippen molar-refractivity contribution in [2.24, 2.45) is 0 Å². The molecule has 0 fully saturated rings. The number of ether oxygens (including phenoxy) is 1. The minimum absolute atomic E-state index is 0.140. The van der Waals surface area contributed by atoms with Crippen LogP contribution in [0.15, 0.2) is 36.5 Å². The van der Waals surface area contributed by atoms with Crippen LogP contribution in [-0.2, 0) is 32.7 Å². The fraction of sp³-hybridized carbons (Fsp3) is 0.750. The number of carbonyl (C=O) groups is 3. The van der Waals surface area contributed by atoms with E-state index in [4.69, 9.17) is 9.26 Å². The summed E-state index contributed by atoms with van der Waals surface area (Å²) in [6.07, 6.45) is 32.2. The Hall–Kier alpha value is -2.30. The van der Waals surface area contributed by atoms with Crippen LogP contribution in [0.1, 0.15) is 142 Å². The van der Waals surface area contributed by atoms with Gasteiger partial charge in [-0.25, -0.2) is 9.36 Å². The molecule has 1 amide bonds. The molecule has 0 aromatic carbocycles. The number of phosphoric ester groups is 1. The van der Waals surface area contributed by atoms with Crippen LogP contribution in [0.4, 0.5) is 0 Å². The Labute approximate surface area is 289 Å². The quantitative estimate of drug-likeness (QED) is 0.0227. The van der Waals surface area contributed by atoms with E-state index in [-0.39, 0.29) is 12.8 Å². The molecule has 0 aliphatic rings. The van der Waals surface area contributed by atoms with Crippen LogP contribution in [0.3, 0.4) is 0 Å². The highest BCUT2D eigenvalue weighted by Crippen LogP contribution is 2.43. The highest BCUT2D eigenvalue weighted by Gasteiger charge is 2.28. The van der Waals surface area contributed by atoms with Gasteiger partial charge >= 0.3 is 19.8 Å². The Balaban J connectivity index is 3.82. The highest BCUT2D eigenvalue weighted by atomic mass is 31.2. The van der Waals surface area contributed by atoms with Gasteiger partial charge in [-0.05, 0) is 51.4 Å². The van der Waals surface area contributed by atoms with E-state index < -0.39 is 57.6 Å². The van der Waals surface area contributed by atoms with Gasteiger partial charge in [0.1, 0.15) is 12.7 Å². The smallest absolute Gasteiger partial charge is 0.472 e. The molecule has 0 aromatic heterocycles. The number of amides is 1. The first-order valence-corrected chi connectivity index (χ1v) is 19.5. The van der Waals surface area contributed by atoms with E-state index in [0.717, 1.165) is 44.9 Å². The number of hydrogen-bond donors (Lipinski definition) is 4. The van der Waals surface area contributed by atoms with Gasteiger partial charge in [-0.15, -0.1) is 0 Å². The highest BCUT2D eigenvalue weighted by molar-refractivity contribution is 7.47. The normalized spacial score (nSPS) is 14.4. The van der Waals surface area contributed by atoms with Crippen molar-refractivity contribution >= 4 is 25.7 Å². The summed E-state index contributed by atoms with van der Waals surface area (Å²) in [5, 5.41) is 21.4. The summed E-state index contributed by atoms with van der Waals surface area (Å²) >= 11 is 0. The van der Waals surface area contributed by atoms with Crippen molar-refractivity contribution in [3.63, 3.8) is 0 Å². The molecule has 0 bridgehead atoms. The van der Waals surface area contributed by atoms with Gasteiger partial charge in [0.15, 0.2) is 6.04 Å². The Morgan fingerprint density at radius 3 is 1.71 bits per heavy atom.